The standard InChI is InChI=1S/C21H32N2O6/c1-14(2)17(23-20(26)29-21(3,4)5)18(24)22-16(19(25)27-6)13-28-12-15-10-8-7-9-11-15/h7-11,14,16-17H,12-13H2,1-6H3,(H,22,24)(H,23,26)/t16-,17-/m0/s1. The van der Waals surface area contributed by atoms with Crippen molar-refractivity contribution in [2.24, 2.45) is 5.92 Å². The van der Waals surface area contributed by atoms with Crippen LogP contribution in [0, 0.1) is 5.92 Å². The van der Waals surface area contributed by atoms with E-state index in [2.05, 4.69) is 10.6 Å². The molecule has 0 saturated carbocycles. The predicted molar refractivity (Wildman–Crippen MR) is 108 cm³/mol. The molecule has 0 saturated heterocycles. The van der Waals surface area contributed by atoms with Gasteiger partial charge in [0.25, 0.3) is 0 Å². The van der Waals surface area contributed by atoms with Crippen LogP contribution in [0.15, 0.2) is 30.3 Å². The van der Waals surface area contributed by atoms with Gasteiger partial charge in [-0.1, -0.05) is 44.2 Å². The predicted octanol–water partition coefficient (Wildman–Crippen LogP) is 2.41. The molecule has 0 heterocycles. The topological polar surface area (TPSA) is 103 Å². The second kappa shape index (κ2) is 11.4. The molecule has 162 valence electrons. The lowest BCUT2D eigenvalue weighted by Crippen LogP contribution is -2.55. The Labute approximate surface area is 172 Å². The second-order valence-electron chi connectivity index (χ2n) is 7.95. The zero-order valence-electron chi connectivity index (χ0n) is 18.0. The first kappa shape index (κ1) is 24.4. The molecule has 0 bridgehead atoms. The molecule has 0 fully saturated rings. The van der Waals surface area contributed by atoms with Crippen molar-refractivity contribution < 1.29 is 28.6 Å². The first-order chi connectivity index (χ1) is 13.5. The number of esters is 1. The Kier molecular flexibility index (Phi) is 9.61. The lowest BCUT2D eigenvalue weighted by molar-refractivity contribution is -0.147. The minimum atomic E-state index is -1.00. The fourth-order valence-electron chi connectivity index (χ4n) is 2.41. The van der Waals surface area contributed by atoms with Crippen molar-refractivity contribution in [3.8, 4) is 0 Å². The normalized spacial score (nSPS) is 13.3. The number of nitrogens with one attached hydrogen (secondary N) is 2. The Morgan fingerprint density at radius 3 is 2.17 bits per heavy atom. The zero-order valence-corrected chi connectivity index (χ0v) is 18.0. The third kappa shape index (κ3) is 9.43. The first-order valence-electron chi connectivity index (χ1n) is 9.53. The Balaban J connectivity index is 2.72. The van der Waals surface area contributed by atoms with Crippen molar-refractivity contribution in [2.45, 2.75) is 58.9 Å². The van der Waals surface area contributed by atoms with Gasteiger partial charge < -0.3 is 24.8 Å². The average Bonchev–Trinajstić information content (AvgIpc) is 2.63. The van der Waals surface area contributed by atoms with Crippen LogP contribution in [0.2, 0.25) is 0 Å². The maximum absolute atomic E-state index is 12.7. The molecule has 8 nitrogen and oxygen atoms in total. The highest BCUT2D eigenvalue weighted by Crippen LogP contribution is 2.09. The quantitative estimate of drug-likeness (QED) is 0.608. The Morgan fingerprint density at radius 2 is 1.66 bits per heavy atom. The van der Waals surface area contributed by atoms with E-state index in [1.165, 1.54) is 7.11 Å². The van der Waals surface area contributed by atoms with E-state index in [0.717, 1.165) is 5.56 Å². The number of rotatable bonds is 9. The Bertz CT molecular complexity index is 669. The summed E-state index contributed by atoms with van der Waals surface area (Å²) in [4.78, 5) is 36.8. The van der Waals surface area contributed by atoms with Crippen LogP contribution >= 0.6 is 0 Å². The van der Waals surface area contributed by atoms with E-state index < -0.39 is 35.7 Å². The third-order valence-corrected chi connectivity index (χ3v) is 3.82. The summed E-state index contributed by atoms with van der Waals surface area (Å²) in [7, 11) is 1.23. The van der Waals surface area contributed by atoms with E-state index in [-0.39, 0.29) is 19.1 Å². The molecular weight excluding hydrogens is 376 g/mol. The summed E-state index contributed by atoms with van der Waals surface area (Å²) < 4.78 is 15.5. The van der Waals surface area contributed by atoms with Crippen molar-refractivity contribution in [3.63, 3.8) is 0 Å². The number of amides is 2. The van der Waals surface area contributed by atoms with Gasteiger partial charge in [0.1, 0.15) is 11.6 Å². The molecule has 0 aromatic heterocycles. The second-order valence-corrected chi connectivity index (χ2v) is 7.95. The van der Waals surface area contributed by atoms with Gasteiger partial charge in [0.2, 0.25) is 5.91 Å². The van der Waals surface area contributed by atoms with Gasteiger partial charge >= 0.3 is 12.1 Å². The molecule has 0 radical (unpaired) electrons. The van der Waals surface area contributed by atoms with E-state index in [1.54, 1.807) is 34.6 Å². The van der Waals surface area contributed by atoms with E-state index >= 15 is 0 Å². The summed E-state index contributed by atoms with van der Waals surface area (Å²) in [6.07, 6.45) is -0.707. The van der Waals surface area contributed by atoms with E-state index in [4.69, 9.17) is 14.2 Å². The largest absolute Gasteiger partial charge is 0.467 e. The minimum absolute atomic E-state index is 0.0649. The number of carbonyl (C=O) groups excluding carboxylic acids is 3. The van der Waals surface area contributed by atoms with Crippen LogP contribution in [0.1, 0.15) is 40.2 Å². The highest BCUT2D eigenvalue weighted by molar-refractivity contribution is 5.89. The summed E-state index contributed by atoms with van der Waals surface area (Å²) in [6, 6.07) is 7.56. The molecule has 1 aromatic rings. The minimum Gasteiger partial charge on any atom is -0.467 e. The Hall–Kier alpha value is -2.61. The third-order valence-electron chi connectivity index (χ3n) is 3.82. The summed E-state index contributed by atoms with van der Waals surface area (Å²) >= 11 is 0. The van der Waals surface area contributed by atoms with Crippen molar-refractivity contribution in [1.82, 2.24) is 10.6 Å². The number of alkyl carbamates (subject to hydrolysis) is 1. The molecule has 29 heavy (non-hydrogen) atoms. The molecule has 0 aliphatic heterocycles. The molecule has 2 amide bonds. The average molecular weight is 408 g/mol. The molecule has 8 heteroatoms. The number of hydrogen-bond acceptors (Lipinski definition) is 6. The Morgan fingerprint density at radius 1 is 1.03 bits per heavy atom. The van der Waals surface area contributed by atoms with E-state index in [1.807, 2.05) is 30.3 Å². The summed E-state index contributed by atoms with van der Waals surface area (Å²) in [5.74, 6) is -1.39. The lowest BCUT2D eigenvalue weighted by atomic mass is 10.0. The van der Waals surface area contributed by atoms with Crippen LogP contribution < -0.4 is 10.6 Å². The monoisotopic (exact) mass is 408 g/mol. The summed E-state index contributed by atoms with van der Waals surface area (Å²) in [5, 5.41) is 5.15. The smallest absolute Gasteiger partial charge is 0.408 e. The molecule has 2 N–H and O–H groups in total. The number of methoxy groups -OCH3 is 1. The maximum atomic E-state index is 12.7. The fourth-order valence-corrected chi connectivity index (χ4v) is 2.41. The van der Waals surface area contributed by atoms with Crippen molar-refractivity contribution in [3.05, 3.63) is 35.9 Å². The molecular formula is C21H32N2O6. The van der Waals surface area contributed by atoms with Gasteiger partial charge in [-0.2, -0.15) is 0 Å². The number of ether oxygens (including phenoxy) is 3. The van der Waals surface area contributed by atoms with Gasteiger partial charge in [0, 0.05) is 0 Å². The first-order valence-corrected chi connectivity index (χ1v) is 9.53. The highest BCUT2D eigenvalue weighted by atomic mass is 16.6. The molecule has 0 aliphatic carbocycles. The van der Waals surface area contributed by atoms with Crippen LogP contribution in [0.4, 0.5) is 4.79 Å². The van der Waals surface area contributed by atoms with Crippen LogP contribution in [0.25, 0.3) is 0 Å². The van der Waals surface area contributed by atoms with Crippen molar-refractivity contribution >= 4 is 18.0 Å². The zero-order chi connectivity index (χ0) is 22.0. The number of hydrogen-bond donors (Lipinski definition) is 2. The molecule has 0 unspecified atom stereocenters. The van der Waals surface area contributed by atoms with E-state index in [0.29, 0.717) is 0 Å². The van der Waals surface area contributed by atoms with Gasteiger partial charge in [-0.15, -0.1) is 0 Å². The number of benzene rings is 1. The van der Waals surface area contributed by atoms with Gasteiger partial charge in [-0.05, 0) is 32.3 Å². The molecule has 0 spiro atoms. The molecule has 1 aromatic carbocycles. The van der Waals surface area contributed by atoms with Crippen LogP contribution in [0.3, 0.4) is 0 Å². The highest BCUT2D eigenvalue weighted by Gasteiger charge is 2.30. The van der Waals surface area contributed by atoms with E-state index in [9.17, 15) is 14.4 Å². The number of carbonyl (C=O) groups is 3. The van der Waals surface area contributed by atoms with Gasteiger partial charge in [0.05, 0.1) is 20.3 Å². The van der Waals surface area contributed by atoms with Crippen LogP contribution in [0.5, 0.6) is 0 Å². The van der Waals surface area contributed by atoms with Crippen LogP contribution in [-0.4, -0.2) is 49.4 Å². The van der Waals surface area contributed by atoms with Crippen molar-refractivity contribution in [1.29, 1.82) is 0 Å². The maximum Gasteiger partial charge on any atom is 0.408 e. The summed E-state index contributed by atoms with van der Waals surface area (Å²) in [6.45, 7) is 8.97. The van der Waals surface area contributed by atoms with Crippen molar-refractivity contribution in [2.75, 3.05) is 13.7 Å². The van der Waals surface area contributed by atoms with Gasteiger partial charge in [-0.3, -0.25) is 4.79 Å². The molecule has 1 rings (SSSR count). The fraction of sp³-hybridized carbons (Fsp3) is 0.571. The van der Waals surface area contributed by atoms with Gasteiger partial charge in [0.15, 0.2) is 6.04 Å². The summed E-state index contributed by atoms with van der Waals surface area (Å²) in [5.41, 5.74) is 0.246. The lowest BCUT2D eigenvalue weighted by Gasteiger charge is -2.26. The SMILES string of the molecule is COC(=O)[C@H](COCc1ccccc1)NC(=O)[C@@H](NC(=O)OC(C)(C)C)C(C)C. The molecule has 2 atom stereocenters. The van der Waals surface area contributed by atoms with Crippen LogP contribution in [-0.2, 0) is 30.4 Å². The molecule has 0 aliphatic rings. The van der Waals surface area contributed by atoms with Gasteiger partial charge in [-0.25, -0.2) is 9.59 Å².